The Balaban J connectivity index is 0. The second-order valence-electron chi connectivity index (χ2n) is 4.37. The van der Waals surface area contributed by atoms with Gasteiger partial charge in [0.1, 0.15) is 18.5 Å². The fourth-order valence-electron chi connectivity index (χ4n) is 1.71. The Morgan fingerprint density at radius 1 is 1.05 bits per heavy atom. The summed E-state index contributed by atoms with van der Waals surface area (Å²) in [4.78, 5) is 0. The highest BCUT2D eigenvalue weighted by Crippen LogP contribution is 2.13. The summed E-state index contributed by atoms with van der Waals surface area (Å²) >= 11 is 0. The van der Waals surface area contributed by atoms with Gasteiger partial charge in [-0.05, 0) is 30.3 Å². The average Bonchev–Trinajstić information content (AvgIpc) is 2.38. The van der Waals surface area contributed by atoms with Crippen LogP contribution in [-0.2, 0) is 6.54 Å². The van der Waals surface area contributed by atoms with E-state index in [0.717, 1.165) is 0 Å². The molecule has 1 heterocycles. The number of pyridine rings is 1. The van der Waals surface area contributed by atoms with E-state index >= 15 is 0 Å². The van der Waals surface area contributed by atoms with Crippen LogP contribution in [0.2, 0.25) is 0 Å². The molecule has 5 nitrogen and oxygen atoms in total. The summed E-state index contributed by atoms with van der Waals surface area (Å²) in [6.45, 7) is 0.645. The van der Waals surface area contributed by atoms with Crippen LogP contribution in [0, 0.1) is 0 Å². The van der Waals surface area contributed by atoms with Crippen LogP contribution in [0.5, 0.6) is 5.75 Å². The normalized spacial score (nSPS) is 10.4. The lowest BCUT2D eigenvalue weighted by molar-refractivity contribution is -0.703. The molecule has 0 spiro atoms. The Kier molecular flexibility index (Phi) is 11.7. The van der Waals surface area contributed by atoms with Crippen molar-refractivity contribution in [3.63, 3.8) is 0 Å². The zero-order chi connectivity index (χ0) is 13.7. The van der Waals surface area contributed by atoms with Crippen molar-refractivity contribution in [2.24, 2.45) is 0 Å². The van der Waals surface area contributed by atoms with Gasteiger partial charge in [0.15, 0.2) is 18.9 Å². The smallest absolute Gasteiger partial charge is 0.191 e. The number of rotatable bonds is 5. The quantitative estimate of drug-likeness (QED) is 0.439. The van der Waals surface area contributed by atoms with Gasteiger partial charge in [0, 0.05) is 11.8 Å². The molecule has 1 unspecified atom stereocenters. The minimum atomic E-state index is -0.607. The van der Waals surface area contributed by atoms with Crippen LogP contribution >= 0.6 is 24.8 Å². The van der Waals surface area contributed by atoms with E-state index in [1.165, 1.54) is 0 Å². The van der Waals surface area contributed by atoms with Crippen LogP contribution in [0.1, 0.15) is 0 Å². The highest BCUT2D eigenvalue weighted by Gasteiger charge is 2.12. The van der Waals surface area contributed by atoms with Gasteiger partial charge in [-0.3, -0.25) is 0 Å². The van der Waals surface area contributed by atoms with E-state index in [2.05, 4.69) is 0 Å². The molecule has 22 heavy (non-hydrogen) atoms. The molecule has 0 fully saturated rings. The number of nitrogen functional groups attached to an aromatic ring is 2. The summed E-state index contributed by atoms with van der Waals surface area (Å²) in [7, 11) is 0. The summed E-state index contributed by atoms with van der Waals surface area (Å²) in [5.41, 5.74) is 12.6. The largest absolute Gasteiger partial charge is 1.00 e. The van der Waals surface area contributed by atoms with Crippen molar-refractivity contribution in [3.8, 4) is 5.75 Å². The molecule has 1 aromatic heterocycles. The molecule has 0 amide bonds. The standard InChI is InChI=1S/C14H18N3O2.3ClH/c15-11-3-5-14(6-4-11)19-10-13(18)9-17-7-1-2-12(16)8-17;;;/h1-8,13,18H,9-10,15-16H2;3*1H/q+1;;;/p-1. The number of benzene rings is 1. The third-order valence-corrected chi connectivity index (χ3v) is 2.63. The van der Waals surface area contributed by atoms with Crippen LogP contribution in [0.15, 0.2) is 48.8 Å². The van der Waals surface area contributed by atoms with E-state index < -0.39 is 6.10 Å². The van der Waals surface area contributed by atoms with E-state index in [4.69, 9.17) is 16.2 Å². The number of anilines is 2. The molecule has 124 valence electrons. The number of ether oxygens (including phenoxy) is 1. The summed E-state index contributed by atoms with van der Waals surface area (Å²) in [5.74, 6) is 0.686. The first-order chi connectivity index (χ1) is 9.13. The van der Waals surface area contributed by atoms with Crippen LogP contribution in [0.3, 0.4) is 0 Å². The first kappa shape index (κ1) is 22.9. The minimum absolute atomic E-state index is 0. The highest BCUT2D eigenvalue weighted by molar-refractivity contribution is 5.85. The Morgan fingerprint density at radius 3 is 2.27 bits per heavy atom. The van der Waals surface area contributed by atoms with E-state index in [9.17, 15) is 5.11 Å². The fourth-order valence-corrected chi connectivity index (χ4v) is 1.71. The van der Waals surface area contributed by atoms with Crippen molar-refractivity contribution in [1.29, 1.82) is 0 Å². The molecule has 0 aliphatic rings. The lowest BCUT2D eigenvalue weighted by atomic mass is 10.3. The SMILES string of the molecule is Cl.Cl.Nc1ccc(OCC(O)C[n+]2cccc(N)c2)cc1.[Cl-]. The van der Waals surface area contributed by atoms with Crippen molar-refractivity contribution in [2.75, 3.05) is 18.1 Å². The van der Waals surface area contributed by atoms with Crippen LogP contribution in [0.25, 0.3) is 0 Å². The molecule has 0 radical (unpaired) electrons. The number of nitrogens with zero attached hydrogens (tertiary/aromatic N) is 1. The van der Waals surface area contributed by atoms with Crippen LogP contribution in [-0.4, -0.2) is 17.8 Å². The third kappa shape index (κ3) is 7.56. The molecular formula is C14H20Cl3N3O2. The van der Waals surface area contributed by atoms with Gasteiger partial charge in [-0.2, -0.15) is 0 Å². The molecule has 2 rings (SSSR count). The number of aliphatic hydroxyl groups is 1. The number of aliphatic hydroxyl groups excluding tert-OH is 1. The number of hydrogen-bond donors (Lipinski definition) is 3. The predicted octanol–water partition coefficient (Wildman–Crippen LogP) is -1.57. The molecule has 0 aliphatic carbocycles. The van der Waals surface area contributed by atoms with Gasteiger partial charge in [-0.1, -0.05) is 0 Å². The molecule has 0 saturated heterocycles. The average molecular weight is 369 g/mol. The predicted molar refractivity (Wildman–Crippen MR) is 87.9 cm³/mol. The van der Waals surface area contributed by atoms with E-state index in [-0.39, 0.29) is 43.8 Å². The maximum atomic E-state index is 9.90. The molecule has 0 saturated carbocycles. The lowest BCUT2D eigenvalue weighted by Gasteiger charge is -2.10. The summed E-state index contributed by atoms with van der Waals surface area (Å²) in [6, 6.07) is 10.7. The van der Waals surface area contributed by atoms with Crippen molar-refractivity contribution in [1.82, 2.24) is 0 Å². The summed E-state index contributed by atoms with van der Waals surface area (Å²) in [5, 5.41) is 9.90. The van der Waals surface area contributed by atoms with E-state index in [0.29, 0.717) is 23.7 Å². The van der Waals surface area contributed by atoms with Gasteiger partial charge in [0.2, 0.25) is 0 Å². The lowest BCUT2D eigenvalue weighted by Crippen LogP contribution is -3.00. The number of halogens is 3. The first-order valence-electron chi connectivity index (χ1n) is 6.04. The second-order valence-corrected chi connectivity index (χ2v) is 4.37. The number of hydrogen-bond acceptors (Lipinski definition) is 4. The molecule has 0 aliphatic heterocycles. The number of nitrogens with two attached hydrogens (primary N) is 2. The summed E-state index contributed by atoms with van der Waals surface area (Å²) < 4.78 is 7.30. The molecule has 5 N–H and O–H groups in total. The molecule has 2 aromatic rings. The molecule has 0 bridgehead atoms. The molecular weight excluding hydrogens is 349 g/mol. The van der Waals surface area contributed by atoms with Gasteiger partial charge in [-0.25, -0.2) is 4.57 Å². The van der Waals surface area contributed by atoms with Gasteiger partial charge in [-0.15, -0.1) is 24.8 Å². The maximum absolute atomic E-state index is 9.90. The van der Waals surface area contributed by atoms with Gasteiger partial charge < -0.3 is 33.7 Å². The van der Waals surface area contributed by atoms with Crippen molar-refractivity contribution >= 4 is 36.2 Å². The zero-order valence-corrected chi connectivity index (χ0v) is 14.2. The van der Waals surface area contributed by atoms with Gasteiger partial charge in [0.05, 0.1) is 5.69 Å². The monoisotopic (exact) mass is 367 g/mol. The van der Waals surface area contributed by atoms with E-state index in [1.54, 1.807) is 36.5 Å². The van der Waals surface area contributed by atoms with Gasteiger partial charge in [0.25, 0.3) is 0 Å². The zero-order valence-electron chi connectivity index (χ0n) is 11.8. The molecule has 1 aromatic carbocycles. The second kappa shape index (κ2) is 11.2. The van der Waals surface area contributed by atoms with Crippen LogP contribution < -0.4 is 33.2 Å². The molecule has 1 atom stereocenters. The van der Waals surface area contributed by atoms with E-state index in [1.807, 2.05) is 16.8 Å². The van der Waals surface area contributed by atoms with Crippen molar-refractivity contribution in [2.45, 2.75) is 12.6 Å². The first-order valence-corrected chi connectivity index (χ1v) is 6.04. The number of aromatic nitrogens is 1. The van der Waals surface area contributed by atoms with Crippen molar-refractivity contribution < 1.29 is 26.8 Å². The minimum Gasteiger partial charge on any atom is -1.00 e. The van der Waals surface area contributed by atoms with Crippen LogP contribution in [0.4, 0.5) is 11.4 Å². The Bertz CT molecular complexity index is 541. The topological polar surface area (TPSA) is 85.4 Å². The van der Waals surface area contributed by atoms with Crippen molar-refractivity contribution in [3.05, 3.63) is 48.8 Å². The fraction of sp³-hybridized carbons (Fsp3) is 0.214. The Hall–Kier alpha value is -1.40. The molecule has 8 heteroatoms. The maximum Gasteiger partial charge on any atom is 0.191 e. The Morgan fingerprint density at radius 2 is 1.68 bits per heavy atom. The highest BCUT2D eigenvalue weighted by atomic mass is 35.5. The Labute approximate surface area is 148 Å². The van der Waals surface area contributed by atoms with Gasteiger partial charge >= 0.3 is 0 Å². The third-order valence-electron chi connectivity index (χ3n) is 2.63. The summed E-state index contributed by atoms with van der Waals surface area (Å²) in [6.07, 6.45) is 3.01.